The third-order valence-corrected chi connectivity index (χ3v) is 2.74. The maximum absolute atomic E-state index is 12.2. The van der Waals surface area contributed by atoms with Crippen LogP contribution in [0, 0.1) is 10.1 Å². The summed E-state index contributed by atoms with van der Waals surface area (Å²) in [5.74, 6) is -1.24. The van der Waals surface area contributed by atoms with Crippen molar-refractivity contribution in [1.29, 1.82) is 0 Å². The zero-order valence-electron chi connectivity index (χ0n) is 11.9. The minimum Gasteiger partial charge on any atom is -0.449 e. The summed E-state index contributed by atoms with van der Waals surface area (Å²) in [6.07, 6.45) is -0.960. The zero-order chi connectivity index (χ0) is 17.0. The van der Waals surface area contributed by atoms with Gasteiger partial charge < -0.3 is 10.5 Å². The summed E-state index contributed by atoms with van der Waals surface area (Å²) in [4.78, 5) is 34.9. The molecule has 0 saturated carbocycles. The van der Waals surface area contributed by atoms with Crippen LogP contribution in [0.5, 0.6) is 0 Å². The van der Waals surface area contributed by atoms with Gasteiger partial charge in [0.05, 0.1) is 11.5 Å². The van der Waals surface area contributed by atoms with E-state index >= 15 is 0 Å². The third kappa shape index (κ3) is 3.07. The number of primary amides is 1. The molecule has 1 aromatic heterocycles. The van der Waals surface area contributed by atoms with Crippen LogP contribution in [0.2, 0.25) is 0 Å². The van der Waals surface area contributed by atoms with Gasteiger partial charge in [-0.25, -0.2) is 9.69 Å². The van der Waals surface area contributed by atoms with E-state index in [4.69, 9.17) is 10.5 Å². The number of rotatable bonds is 5. The molecule has 0 bridgehead atoms. The number of nitrogens with one attached hydrogen (secondary N) is 1. The molecule has 0 saturated heterocycles. The summed E-state index contributed by atoms with van der Waals surface area (Å²) >= 11 is 0. The molecule has 11 nitrogen and oxygen atoms in total. The van der Waals surface area contributed by atoms with Crippen molar-refractivity contribution in [2.75, 3.05) is 11.5 Å². The second kappa shape index (κ2) is 6.51. The summed E-state index contributed by atoms with van der Waals surface area (Å²) in [7, 11) is 0. The van der Waals surface area contributed by atoms with Gasteiger partial charge >= 0.3 is 6.09 Å². The van der Waals surface area contributed by atoms with Gasteiger partial charge in [0.1, 0.15) is 5.69 Å². The molecule has 0 unspecified atom stereocenters. The van der Waals surface area contributed by atoms with Crippen molar-refractivity contribution < 1.29 is 19.2 Å². The van der Waals surface area contributed by atoms with Crippen LogP contribution in [0.3, 0.4) is 0 Å². The molecular weight excluding hydrogens is 308 g/mol. The number of aromatic amines is 1. The SMILES string of the molecule is CCOC(=O)N(c1ccccc1[N+](=O)[O-])c1n[nH]nc1C(N)=O. The highest BCUT2D eigenvalue weighted by Crippen LogP contribution is 2.34. The van der Waals surface area contributed by atoms with Crippen LogP contribution in [0.25, 0.3) is 0 Å². The Hall–Kier alpha value is -3.50. The number of nitrogens with zero attached hydrogens (tertiary/aromatic N) is 4. The van der Waals surface area contributed by atoms with Crippen molar-refractivity contribution >= 4 is 29.2 Å². The molecule has 0 spiro atoms. The zero-order valence-corrected chi connectivity index (χ0v) is 11.9. The second-order valence-corrected chi connectivity index (χ2v) is 4.14. The van der Waals surface area contributed by atoms with Gasteiger partial charge in [0.25, 0.3) is 11.6 Å². The number of anilines is 2. The Morgan fingerprint density at radius 2 is 2.09 bits per heavy atom. The Balaban J connectivity index is 2.65. The van der Waals surface area contributed by atoms with Gasteiger partial charge in [-0.2, -0.15) is 5.21 Å². The minimum atomic E-state index is -0.960. The van der Waals surface area contributed by atoms with Crippen LogP contribution in [0.4, 0.5) is 22.0 Å². The van der Waals surface area contributed by atoms with Crippen LogP contribution < -0.4 is 10.6 Å². The lowest BCUT2D eigenvalue weighted by Gasteiger charge is -2.19. The third-order valence-electron chi connectivity index (χ3n) is 2.74. The van der Waals surface area contributed by atoms with Gasteiger partial charge in [-0.1, -0.05) is 12.1 Å². The maximum Gasteiger partial charge on any atom is 0.420 e. The molecule has 0 atom stereocenters. The fourth-order valence-electron chi connectivity index (χ4n) is 1.84. The number of amides is 2. The van der Waals surface area contributed by atoms with Crippen LogP contribution in [-0.2, 0) is 4.74 Å². The van der Waals surface area contributed by atoms with Gasteiger partial charge in [0.15, 0.2) is 11.5 Å². The van der Waals surface area contributed by atoms with Crippen LogP contribution >= 0.6 is 0 Å². The van der Waals surface area contributed by atoms with Crippen LogP contribution in [0.15, 0.2) is 24.3 Å². The van der Waals surface area contributed by atoms with Crippen LogP contribution in [-0.4, -0.2) is 38.9 Å². The molecule has 11 heteroatoms. The fourth-order valence-corrected chi connectivity index (χ4v) is 1.84. The van der Waals surface area contributed by atoms with Crippen molar-refractivity contribution in [3.8, 4) is 0 Å². The van der Waals surface area contributed by atoms with Crippen molar-refractivity contribution in [1.82, 2.24) is 15.4 Å². The van der Waals surface area contributed by atoms with Crippen molar-refractivity contribution in [3.63, 3.8) is 0 Å². The highest BCUT2D eigenvalue weighted by atomic mass is 16.6. The number of hydrogen-bond donors (Lipinski definition) is 2. The maximum atomic E-state index is 12.2. The Morgan fingerprint density at radius 1 is 1.39 bits per heavy atom. The summed E-state index contributed by atoms with van der Waals surface area (Å²) in [6, 6.07) is 5.43. The first-order valence-electron chi connectivity index (χ1n) is 6.38. The molecule has 0 fully saturated rings. The predicted molar refractivity (Wildman–Crippen MR) is 77.2 cm³/mol. The number of carbonyl (C=O) groups excluding carboxylic acids is 2. The van der Waals surface area contributed by atoms with Crippen molar-refractivity contribution in [2.24, 2.45) is 5.73 Å². The topological polar surface area (TPSA) is 157 Å². The molecule has 2 aromatic rings. The smallest absolute Gasteiger partial charge is 0.420 e. The summed E-state index contributed by atoms with van der Waals surface area (Å²) in [6.45, 7) is 1.58. The largest absolute Gasteiger partial charge is 0.449 e. The quantitative estimate of drug-likeness (QED) is 0.616. The lowest BCUT2D eigenvalue weighted by molar-refractivity contribution is -0.384. The first-order chi connectivity index (χ1) is 11.0. The second-order valence-electron chi connectivity index (χ2n) is 4.14. The number of nitrogens with two attached hydrogens (primary N) is 1. The van der Waals surface area contributed by atoms with E-state index in [9.17, 15) is 19.7 Å². The molecule has 0 aliphatic rings. The minimum absolute atomic E-state index is 0.0136. The Kier molecular flexibility index (Phi) is 4.50. The lowest BCUT2D eigenvalue weighted by Crippen LogP contribution is -2.30. The highest BCUT2D eigenvalue weighted by Gasteiger charge is 2.32. The number of nitro benzene ring substituents is 1. The molecule has 3 N–H and O–H groups in total. The van der Waals surface area contributed by atoms with Crippen LogP contribution in [0.1, 0.15) is 17.4 Å². The molecule has 120 valence electrons. The Morgan fingerprint density at radius 3 is 2.70 bits per heavy atom. The number of para-hydroxylation sites is 2. The molecule has 2 amide bonds. The summed E-state index contributed by atoms with van der Waals surface area (Å²) in [5.41, 5.74) is 4.31. The van der Waals surface area contributed by atoms with E-state index in [0.717, 1.165) is 4.90 Å². The number of ether oxygens (including phenoxy) is 1. The number of hydrogen-bond acceptors (Lipinski definition) is 7. The van der Waals surface area contributed by atoms with Crippen molar-refractivity contribution in [3.05, 3.63) is 40.1 Å². The highest BCUT2D eigenvalue weighted by molar-refractivity contribution is 6.04. The molecule has 1 aromatic carbocycles. The molecular formula is C12H12N6O5. The summed E-state index contributed by atoms with van der Waals surface area (Å²) < 4.78 is 4.88. The molecule has 23 heavy (non-hydrogen) atoms. The van der Waals surface area contributed by atoms with E-state index in [1.54, 1.807) is 6.92 Å². The first kappa shape index (κ1) is 15.9. The lowest BCUT2D eigenvalue weighted by atomic mass is 10.2. The molecule has 0 radical (unpaired) electrons. The summed E-state index contributed by atoms with van der Waals surface area (Å²) in [5, 5.41) is 20.6. The van der Waals surface area contributed by atoms with Gasteiger partial charge in [-0.3, -0.25) is 14.9 Å². The standard InChI is InChI=1S/C12H12N6O5/c1-2-23-12(20)17(11-9(10(13)19)14-16-15-11)7-5-3-4-6-8(7)18(21)22/h3-6H,2H2,1H3,(H2,13,19)(H,14,15,16). The average molecular weight is 320 g/mol. The molecule has 0 aliphatic carbocycles. The fraction of sp³-hybridized carbons (Fsp3) is 0.167. The van der Waals surface area contributed by atoms with E-state index in [2.05, 4.69) is 15.4 Å². The number of aromatic nitrogens is 3. The Labute approximate surface area is 129 Å². The molecule has 0 aliphatic heterocycles. The Bertz CT molecular complexity index is 758. The van der Waals surface area contributed by atoms with E-state index < -0.39 is 16.9 Å². The normalized spacial score (nSPS) is 10.1. The number of H-pyrrole nitrogens is 1. The predicted octanol–water partition coefficient (Wildman–Crippen LogP) is 1.11. The number of nitro groups is 1. The molecule has 1 heterocycles. The first-order valence-corrected chi connectivity index (χ1v) is 6.38. The van der Waals surface area contributed by atoms with Gasteiger partial charge in [-0.15, -0.1) is 10.2 Å². The van der Waals surface area contributed by atoms with E-state index in [1.807, 2.05) is 0 Å². The van der Waals surface area contributed by atoms with Gasteiger partial charge in [0, 0.05) is 6.07 Å². The van der Waals surface area contributed by atoms with Gasteiger partial charge in [0.2, 0.25) is 0 Å². The monoisotopic (exact) mass is 320 g/mol. The van der Waals surface area contributed by atoms with E-state index in [0.29, 0.717) is 0 Å². The van der Waals surface area contributed by atoms with Crippen molar-refractivity contribution in [2.45, 2.75) is 6.92 Å². The average Bonchev–Trinajstić information content (AvgIpc) is 2.97. The van der Waals surface area contributed by atoms with E-state index in [-0.39, 0.29) is 29.5 Å². The van der Waals surface area contributed by atoms with E-state index in [1.165, 1.54) is 24.3 Å². The molecule has 2 rings (SSSR count). The number of carbonyl (C=O) groups is 2. The number of benzene rings is 1. The van der Waals surface area contributed by atoms with Gasteiger partial charge in [-0.05, 0) is 13.0 Å².